The van der Waals surface area contributed by atoms with Gasteiger partial charge in [-0.15, -0.1) is 0 Å². The van der Waals surface area contributed by atoms with E-state index in [1.54, 1.807) is 12.1 Å². The molecule has 162 valence electrons. The summed E-state index contributed by atoms with van der Waals surface area (Å²) in [4.78, 5) is 17.3. The van der Waals surface area contributed by atoms with E-state index in [0.29, 0.717) is 5.56 Å². The van der Waals surface area contributed by atoms with Gasteiger partial charge in [0.15, 0.2) is 0 Å². The third-order valence-electron chi connectivity index (χ3n) is 7.32. The number of aromatic nitrogens is 1. The van der Waals surface area contributed by atoms with Crippen LogP contribution in [0.5, 0.6) is 0 Å². The Kier molecular flexibility index (Phi) is 5.11. The number of carboxylic acid groups (broad SMARTS) is 1. The highest BCUT2D eigenvalue weighted by molar-refractivity contribution is 5.88. The molecule has 2 aliphatic rings. The van der Waals surface area contributed by atoms with Gasteiger partial charge in [-0.2, -0.15) is 0 Å². The molecule has 0 saturated carbocycles. The standard InChI is InChI=1S/C26H30N2O3/c1-17-14-18(2)24-21(8-11-27-24)22(17)16-28-12-10-26(9-3-13-31-26)15-23(28)19-4-6-20(7-5-19)25(29)30/h4-8,11,14,23,27H,3,9-10,12-13,15-16H2,1-2H3,(H,29,30)/t23?,26-/m0/s1. The lowest BCUT2D eigenvalue weighted by atomic mass is 9.81. The zero-order valence-corrected chi connectivity index (χ0v) is 18.3. The number of aromatic carboxylic acids is 1. The van der Waals surface area contributed by atoms with Crippen molar-refractivity contribution >= 4 is 16.9 Å². The second kappa shape index (κ2) is 7.81. The van der Waals surface area contributed by atoms with Crippen molar-refractivity contribution in [3.63, 3.8) is 0 Å². The van der Waals surface area contributed by atoms with Gasteiger partial charge in [0, 0.05) is 42.8 Å². The molecule has 5 rings (SSSR count). The molecule has 0 amide bonds. The summed E-state index contributed by atoms with van der Waals surface area (Å²) in [6, 6.07) is 12.1. The Morgan fingerprint density at radius 2 is 2.00 bits per heavy atom. The average molecular weight is 419 g/mol. The number of rotatable bonds is 4. The molecule has 2 atom stereocenters. The number of fused-ring (bicyclic) bond motifs is 1. The molecule has 0 bridgehead atoms. The van der Waals surface area contributed by atoms with E-state index in [1.165, 1.54) is 33.2 Å². The Morgan fingerprint density at radius 3 is 2.71 bits per heavy atom. The molecular weight excluding hydrogens is 388 g/mol. The topological polar surface area (TPSA) is 65.6 Å². The summed E-state index contributed by atoms with van der Waals surface area (Å²) in [6.07, 6.45) is 6.29. The third-order valence-corrected chi connectivity index (χ3v) is 7.32. The molecule has 2 fully saturated rings. The number of aromatic amines is 1. The molecular formula is C26H30N2O3. The maximum atomic E-state index is 11.3. The zero-order chi connectivity index (χ0) is 21.6. The highest BCUT2D eigenvalue weighted by Gasteiger charge is 2.43. The first kappa shape index (κ1) is 20.3. The lowest BCUT2D eigenvalue weighted by Gasteiger charge is -2.45. The average Bonchev–Trinajstić information content (AvgIpc) is 3.42. The highest BCUT2D eigenvalue weighted by atomic mass is 16.5. The van der Waals surface area contributed by atoms with Crippen LogP contribution in [0.1, 0.15) is 64.3 Å². The lowest BCUT2D eigenvalue weighted by Crippen LogP contribution is -2.45. The maximum Gasteiger partial charge on any atom is 0.335 e. The minimum atomic E-state index is -0.882. The normalized spacial score (nSPS) is 24.3. The van der Waals surface area contributed by atoms with Crippen LogP contribution in [-0.4, -0.2) is 39.7 Å². The molecule has 5 heteroatoms. The van der Waals surface area contributed by atoms with Gasteiger partial charge in [0.25, 0.3) is 0 Å². The molecule has 3 aromatic rings. The van der Waals surface area contributed by atoms with Gasteiger partial charge in [-0.3, -0.25) is 4.90 Å². The van der Waals surface area contributed by atoms with E-state index in [-0.39, 0.29) is 11.6 Å². The first-order valence-corrected chi connectivity index (χ1v) is 11.2. The van der Waals surface area contributed by atoms with E-state index in [1.807, 2.05) is 18.3 Å². The minimum Gasteiger partial charge on any atom is -0.478 e. The minimum absolute atomic E-state index is 0.0294. The predicted octanol–water partition coefficient (Wildman–Crippen LogP) is 5.37. The number of aryl methyl sites for hydroxylation is 2. The van der Waals surface area contributed by atoms with Crippen LogP contribution in [0, 0.1) is 13.8 Å². The molecule has 0 radical (unpaired) electrons. The lowest BCUT2D eigenvalue weighted by molar-refractivity contribution is -0.0675. The largest absolute Gasteiger partial charge is 0.478 e. The fourth-order valence-corrected chi connectivity index (χ4v) is 5.62. The monoisotopic (exact) mass is 418 g/mol. The molecule has 31 heavy (non-hydrogen) atoms. The van der Waals surface area contributed by atoms with Gasteiger partial charge in [0.05, 0.1) is 11.2 Å². The molecule has 1 aromatic heterocycles. The van der Waals surface area contributed by atoms with E-state index in [4.69, 9.17) is 4.74 Å². The van der Waals surface area contributed by atoms with E-state index in [9.17, 15) is 9.90 Å². The van der Waals surface area contributed by atoms with Gasteiger partial charge < -0.3 is 14.8 Å². The number of hydrogen-bond acceptors (Lipinski definition) is 3. The van der Waals surface area contributed by atoms with Crippen LogP contribution in [0.2, 0.25) is 0 Å². The number of carboxylic acids is 1. The van der Waals surface area contributed by atoms with Crippen molar-refractivity contribution < 1.29 is 14.6 Å². The summed E-state index contributed by atoms with van der Waals surface area (Å²) in [5, 5.41) is 10.6. The Balaban J connectivity index is 1.50. The first-order chi connectivity index (χ1) is 15.0. The Morgan fingerprint density at radius 1 is 1.19 bits per heavy atom. The van der Waals surface area contributed by atoms with Crippen LogP contribution < -0.4 is 0 Å². The SMILES string of the molecule is Cc1cc(C)c2[nH]ccc2c1CN1CC[C@@]2(CCCO2)CC1c1ccc(C(=O)O)cc1. The Bertz CT molecular complexity index is 1110. The number of carbonyl (C=O) groups is 1. The van der Waals surface area contributed by atoms with E-state index in [0.717, 1.165) is 45.4 Å². The van der Waals surface area contributed by atoms with Crippen molar-refractivity contribution in [1.29, 1.82) is 0 Å². The second-order valence-corrected chi connectivity index (χ2v) is 9.26. The van der Waals surface area contributed by atoms with Crippen molar-refractivity contribution in [2.24, 2.45) is 0 Å². The molecule has 2 aliphatic heterocycles. The summed E-state index contributed by atoms with van der Waals surface area (Å²) in [5.41, 5.74) is 6.67. The highest BCUT2D eigenvalue weighted by Crippen LogP contribution is 2.45. The van der Waals surface area contributed by atoms with Gasteiger partial charge in [0.2, 0.25) is 0 Å². The van der Waals surface area contributed by atoms with Crippen molar-refractivity contribution in [3.05, 3.63) is 70.4 Å². The van der Waals surface area contributed by atoms with Crippen LogP contribution in [0.25, 0.3) is 10.9 Å². The third kappa shape index (κ3) is 3.66. The number of likely N-dealkylation sites (tertiary alicyclic amines) is 1. The predicted molar refractivity (Wildman–Crippen MR) is 121 cm³/mol. The fraction of sp³-hybridized carbons (Fsp3) is 0.423. The van der Waals surface area contributed by atoms with Gasteiger partial charge >= 0.3 is 5.97 Å². The first-order valence-electron chi connectivity index (χ1n) is 11.2. The quantitative estimate of drug-likeness (QED) is 0.598. The number of benzene rings is 2. The summed E-state index contributed by atoms with van der Waals surface area (Å²) in [5.74, 6) is -0.882. The van der Waals surface area contributed by atoms with Gasteiger partial charge in [0.1, 0.15) is 0 Å². The number of ether oxygens (including phenoxy) is 1. The number of piperidine rings is 1. The maximum absolute atomic E-state index is 11.3. The van der Waals surface area contributed by atoms with Gasteiger partial charge in [-0.05, 0) is 80.0 Å². The van der Waals surface area contributed by atoms with Crippen molar-refractivity contribution in [2.75, 3.05) is 13.2 Å². The van der Waals surface area contributed by atoms with Crippen molar-refractivity contribution in [2.45, 2.75) is 57.7 Å². The van der Waals surface area contributed by atoms with Gasteiger partial charge in [-0.25, -0.2) is 4.79 Å². The molecule has 1 spiro atoms. The molecule has 2 saturated heterocycles. The number of hydrogen-bond donors (Lipinski definition) is 2. The number of H-pyrrole nitrogens is 1. The summed E-state index contributed by atoms with van der Waals surface area (Å²) in [7, 11) is 0. The van der Waals surface area contributed by atoms with Gasteiger partial charge in [-0.1, -0.05) is 18.2 Å². The Hall–Kier alpha value is -2.63. The van der Waals surface area contributed by atoms with Crippen LogP contribution in [0.3, 0.4) is 0 Å². The summed E-state index contributed by atoms with van der Waals surface area (Å²) >= 11 is 0. The molecule has 2 N–H and O–H groups in total. The van der Waals surface area contributed by atoms with E-state index >= 15 is 0 Å². The van der Waals surface area contributed by atoms with Crippen LogP contribution in [0.4, 0.5) is 0 Å². The van der Waals surface area contributed by atoms with Crippen molar-refractivity contribution in [1.82, 2.24) is 9.88 Å². The number of nitrogens with zero attached hydrogens (tertiary/aromatic N) is 1. The molecule has 3 heterocycles. The number of nitrogens with one attached hydrogen (secondary N) is 1. The summed E-state index contributed by atoms with van der Waals surface area (Å²) in [6.45, 7) is 7.07. The molecule has 2 aromatic carbocycles. The van der Waals surface area contributed by atoms with Crippen LogP contribution >= 0.6 is 0 Å². The van der Waals surface area contributed by atoms with E-state index < -0.39 is 5.97 Å². The van der Waals surface area contributed by atoms with E-state index in [2.05, 4.69) is 35.9 Å². The second-order valence-electron chi connectivity index (χ2n) is 9.26. The van der Waals surface area contributed by atoms with Crippen LogP contribution in [0.15, 0.2) is 42.6 Å². The van der Waals surface area contributed by atoms with Crippen molar-refractivity contribution in [3.8, 4) is 0 Å². The molecule has 5 nitrogen and oxygen atoms in total. The van der Waals surface area contributed by atoms with Crippen LogP contribution in [-0.2, 0) is 11.3 Å². The zero-order valence-electron chi connectivity index (χ0n) is 18.3. The fourth-order valence-electron chi connectivity index (χ4n) is 5.62. The Labute approximate surface area is 183 Å². The smallest absolute Gasteiger partial charge is 0.335 e. The summed E-state index contributed by atoms with van der Waals surface area (Å²) < 4.78 is 6.27. The molecule has 1 unspecified atom stereocenters. The molecule has 0 aliphatic carbocycles.